The maximum Gasteiger partial charge on any atom is 0.219 e. The van der Waals surface area contributed by atoms with E-state index in [1.807, 2.05) is 0 Å². The third-order valence-electron chi connectivity index (χ3n) is 6.91. The van der Waals surface area contributed by atoms with E-state index in [4.69, 9.17) is 0 Å². The summed E-state index contributed by atoms with van der Waals surface area (Å²) in [7, 11) is 0. The van der Waals surface area contributed by atoms with Crippen molar-refractivity contribution in [3.8, 4) is 11.8 Å². The van der Waals surface area contributed by atoms with Crippen molar-refractivity contribution in [2.75, 3.05) is 13.1 Å². The molecule has 0 saturated heterocycles. The predicted molar refractivity (Wildman–Crippen MR) is 156 cm³/mol. The number of hydrogen-bond acceptors (Lipinski definition) is 2. The smallest absolute Gasteiger partial charge is 0.219 e. The molecule has 0 rings (SSSR count). The molecule has 0 spiro atoms. The maximum absolute atomic E-state index is 12.0. The molecular formula is C32H60N2O2. The molecule has 0 aromatic carbocycles. The maximum atomic E-state index is 12.0. The zero-order chi connectivity index (χ0) is 27.0. The predicted octanol–water partition coefficient (Wildman–Crippen LogP) is 8.05. The summed E-state index contributed by atoms with van der Waals surface area (Å²) in [5.41, 5.74) is 0. The van der Waals surface area contributed by atoms with Crippen LogP contribution in [0.1, 0.15) is 144 Å². The molecule has 4 heteroatoms. The molecule has 0 radical (unpaired) electrons. The van der Waals surface area contributed by atoms with E-state index in [2.05, 4.69) is 64.0 Å². The molecule has 2 amide bonds. The van der Waals surface area contributed by atoms with Gasteiger partial charge in [0, 0.05) is 38.8 Å². The second-order valence-electron chi connectivity index (χ2n) is 11.9. The van der Waals surface area contributed by atoms with Crippen molar-refractivity contribution in [1.82, 2.24) is 10.6 Å². The summed E-state index contributed by atoms with van der Waals surface area (Å²) < 4.78 is 0. The van der Waals surface area contributed by atoms with Crippen LogP contribution in [0.15, 0.2) is 0 Å². The number of hydrogen-bond donors (Lipinski definition) is 2. The highest BCUT2D eigenvalue weighted by atomic mass is 16.2. The van der Waals surface area contributed by atoms with Crippen LogP contribution in [0.3, 0.4) is 0 Å². The summed E-state index contributed by atoms with van der Waals surface area (Å²) in [5, 5.41) is 6.14. The van der Waals surface area contributed by atoms with Crippen molar-refractivity contribution < 1.29 is 9.59 Å². The standard InChI is InChI=1S/C32H60N2O2/c1-27(2)17-15-19-29(5)23-25-33-31(35)21-13-11-9-7-8-10-12-14-22-32(36)34-26-24-30(6)20-16-18-28(3)4/h27-30H,9-26H2,1-6H3,(H,33,35)(H,34,36). The Hall–Kier alpha value is -1.50. The summed E-state index contributed by atoms with van der Waals surface area (Å²) in [6.45, 7) is 15.3. The normalized spacial score (nSPS) is 12.8. The SMILES string of the molecule is CC(C)CCCC(C)CCNC(=O)CCCCC#CCCCCC(=O)NCCC(C)CCCC(C)C. The van der Waals surface area contributed by atoms with Gasteiger partial charge < -0.3 is 10.6 Å². The van der Waals surface area contributed by atoms with E-state index in [9.17, 15) is 9.59 Å². The van der Waals surface area contributed by atoms with Crippen molar-refractivity contribution in [3.05, 3.63) is 0 Å². The summed E-state index contributed by atoms with van der Waals surface area (Å²) in [6.07, 6.45) is 16.6. The minimum Gasteiger partial charge on any atom is -0.356 e. The van der Waals surface area contributed by atoms with Gasteiger partial charge in [-0.3, -0.25) is 9.59 Å². The van der Waals surface area contributed by atoms with Crippen LogP contribution in [-0.2, 0) is 9.59 Å². The van der Waals surface area contributed by atoms with E-state index in [1.165, 1.54) is 38.5 Å². The lowest BCUT2D eigenvalue weighted by Crippen LogP contribution is -2.25. The molecule has 0 bridgehead atoms. The van der Waals surface area contributed by atoms with Crippen LogP contribution in [0, 0.1) is 35.5 Å². The lowest BCUT2D eigenvalue weighted by Gasteiger charge is -2.12. The fraction of sp³-hybridized carbons (Fsp3) is 0.875. The number of unbranched alkanes of at least 4 members (excludes halogenated alkanes) is 4. The summed E-state index contributed by atoms with van der Waals surface area (Å²) >= 11 is 0. The molecule has 0 aromatic rings. The zero-order valence-corrected chi connectivity index (χ0v) is 24.9. The van der Waals surface area contributed by atoms with E-state index < -0.39 is 0 Å². The van der Waals surface area contributed by atoms with Crippen molar-refractivity contribution in [2.24, 2.45) is 23.7 Å². The second-order valence-corrected chi connectivity index (χ2v) is 11.9. The van der Waals surface area contributed by atoms with E-state index in [-0.39, 0.29) is 11.8 Å². The van der Waals surface area contributed by atoms with Gasteiger partial charge in [0.2, 0.25) is 11.8 Å². The molecule has 0 saturated carbocycles. The van der Waals surface area contributed by atoms with E-state index in [1.54, 1.807) is 0 Å². The van der Waals surface area contributed by atoms with Crippen LogP contribution < -0.4 is 10.6 Å². The van der Waals surface area contributed by atoms with Crippen molar-refractivity contribution in [3.63, 3.8) is 0 Å². The number of carbonyl (C=O) groups excluding carboxylic acids is 2. The highest BCUT2D eigenvalue weighted by Gasteiger charge is 2.06. The molecule has 2 N–H and O–H groups in total. The first-order chi connectivity index (χ1) is 17.2. The Morgan fingerprint density at radius 2 is 0.917 bits per heavy atom. The van der Waals surface area contributed by atoms with Crippen molar-refractivity contribution >= 4 is 11.8 Å². The lowest BCUT2D eigenvalue weighted by molar-refractivity contribution is -0.122. The first-order valence-corrected chi connectivity index (χ1v) is 15.2. The molecule has 0 aliphatic carbocycles. The van der Waals surface area contributed by atoms with Crippen LogP contribution in [0.4, 0.5) is 0 Å². The average molecular weight is 505 g/mol. The number of nitrogens with one attached hydrogen (secondary N) is 2. The van der Waals surface area contributed by atoms with Gasteiger partial charge >= 0.3 is 0 Å². The van der Waals surface area contributed by atoms with Crippen LogP contribution in [0.5, 0.6) is 0 Å². The topological polar surface area (TPSA) is 58.2 Å². The van der Waals surface area contributed by atoms with E-state index in [0.29, 0.717) is 24.7 Å². The highest BCUT2D eigenvalue weighted by molar-refractivity contribution is 5.76. The van der Waals surface area contributed by atoms with Crippen LogP contribution >= 0.6 is 0 Å². The number of amides is 2. The summed E-state index contributed by atoms with van der Waals surface area (Å²) in [4.78, 5) is 23.9. The van der Waals surface area contributed by atoms with Gasteiger partial charge in [0.05, 0.1) is 0 Å². The first kappa shape index (κ1) is 34.5. The molecular weight excluding hydrogens is 444 g/mol. The van der Waals surface area contributed by atoms with Gasteiger partial charge in [0.25, 0.3) is 0 Å². The molecule has 0 heterocycles. The van der Waals surface area contributed by atoms with Crippen molar-refractivity contribution in [1.29, 1.82) is 0 Å². The monoisotopic (exact) mass is 504 g/mol. The molecule has 2 unspecified atom stereocenters. The Morgan fingerprint density at radius 3 is 1.28 bits per heavy atom. The molecule has 2 atom stereocenters. The highest BCUT2D eigenvalue weighted by Crippen LogP contribution is 2.15. The Bertz CT molecular complexity index is 553. The van der Waals surface area contributed by atoms with E-state index in [0.717, 1.165) is 76.3 Å². The third-order valence-corrected chi connectivity index (χ3v) is 6.91. The summed E-state index contributed by atoms with van der Waals surface area (Å²) in [5.74, 6) is 9.74. The first-order valence-electron chi connectivity index (χ1n) is 15.2. The third kappa shape index (κ3) is 25.6. The molecule has 0 aromatic heterocycles. The van der Waals surface area contributed by atoms with Gasteiger partial charge in [-0.2, -0.15) is 0 Å². The minimum absolute atomic E-state index is 0.177. The minimum atomic E-state index is 0.177. The van der Waals surface area contributed by atoms with E-state index >= 15 is 0 Å². The van der Waals surface area contributed by atoms with Gasteiger partial charge in [-0.15, -0.1) is 11.8 Å². The molecule has 0 aliphatic heterocycles. The molecule has 0 fully saturated rings. The second kappa shape index (κ2) is 23.9. The van der Waals surface area contributed by atoms with Gasteiger partial charge in [-0.05, 0) is 62.2 Å². The zero-order valence-electron chi connectivity index (χ0n) is 24.9. The Morgan fingerprint density at radius 1 is 0.528 bits per heavy atom. The largest absolute Gasteiger partial charge is 0.356 e. The molecule has 0 aliphatic rings. The fourth-order valence-electron chi connectivity index (χ4n) is 4.31. The van der Waals surface area contributed by atoms with Gasteiger partial charge in [0.1, 0.15) is 0 Å². The lowest BCUT2D eigenvalue weighted by atomic mass is 9.97. The van der Waals surface area contributed by atoms with Crippen LogP contribution in [0.2, 0.25) is 0 Å². The summed E-state index contributed by atoms with van der Waals surface area (Å²) in [6, 6.07) is 0. The van der Waals surface area contributed by atoms with Gasteiger partial charge in [-0.1, -0.05) is 80.1 Å². The quantitative estimate of drug-likeness (QED) is 0.116. The van der Waals surface area contributed by atoms with Crippen LogP contribution in [0.25, 0.3) is 0 Å². The van der Waals surface area contributed by atoms with Gasteiger partial charge in [0.15, 0.2) is 0 Å². The number of rotatable bonds is 22. The fourth-order valence-corrected chi connectivity index (χ4v) is 4.31. The molecule has 210 valence electrons. The number of carbonyl (C=O) groups is 2. The van der Waals surface area contributed by atoms with Crippen molar-refractivity contribution in [2.45, 2.75) is 144 Å². The average Bonchev–Trinajstić information content (AvgIpc) is 2.79. The Kier molecular flexibility index (Phi) is 22.9. The molecule has 36 heavy (non-hydrogen) atoms. The van der Waals surface area contributed by atoms with Crippen LogP contribution in [-0.4, -0.2) is 24.9 Å². The Labute approximate surface area is 224 Å². The Balaban J connectivity index is 3.53. The van der Waals surface area contributed by atoms with Gasteiger partial charge in [-0.25, -0.2) is 0 Å². The molecule has 4 nitrogen and oxygen atoms in total.